The van der Waals surface area contributed by atoms with Crippen molar-refractivity contribution in [3.63, 3.8) is 0 Å². The number of hydrogen-bond donors (Lipinski definition) is 1. The summed E-state index contributed by atoms with van der Waals surface area (Å²) in [5.74, 6) is -0.194. The summed E-state index contributed by atoms with van der Waals surface area (Å²) in [5, 5.41) is 0. The van der Waals surface area contributed by atoms with Crippen LogP contribution in [0.2, 0.25) is 0 Å². The van der Waals surface area contributed by atoms with Gasteiger partial charge in [-0.2, -0.15) is 0 Å². The number of nitrogens with zero attached hydrogens (tertiary/aromatic N) is 2. The molecule has 2 amide bonds. The Hall–Kier alpha value is -1.95. The van der Waals surface area contributed by atoms with E-state index < -0.39 is 5.41 Å². The van der Waals surface area contributed by atoms with Crippen LogP contribution in [0.15, 0.2) is 24.5 Å². The normalized spacial score (nSPS) is 27.5. The molecule has 2 saturated heterocycles. The van der Waals surface area contributed by atoms with Crippen molar-refractivity contribution < 1.29 is 14.3 Å². The number of nitrogens with two attached hydrogens (primary N) is 1. The van der Waals surface area contributed by atoms with Crippen LogP contribution < -0.4 is 5.73 Å². The van der Waals surface area contributed by atoms with Crippen LogP contribution in [0.1, 0.15) is 18.4 Å². The Bertz CT molecular complexity index is 563. The van der Waals surface area contributed by atoms with Crippen molar-refractivity contribution in [2.24, 2.45) is 17.1 Å². The van der Waals surface area contributed by atoms with Gasteiger partial charge >= 0.3 is 0 Å². The van der Waals surface area contributed by atoms with E-state index in [1.165, 1.54) is 0 Å². The molecule has 3 heterocycles. The number of aromatic nitrogens is 1. The second-order valence-corrected chi connectivity index (χ2v) is 6.17. The maximum absolute atomic E-state index is 12.4. The van der Waals surface area contributed by atoms with E-state index >= 15 is 0 Å². The molecule has 0 saturated carbocycles. The third-order valence-corrected chi connectivity index (χ3v) is 4.93. The Morgan fingerprint density at radius 3 is 2.86 bits per heavy atom. The molecular formula is C16H21N3O3. The zero-order chi connectivity index (χ0) is 15.6. The molecule has 0 unspecified atom stereocenters. The molecule has 2 aliphatic heterocycles. The molecule has 22 heavy (non-hydrogen) atoms. The van der Waals surface area contributed by atoms with Gasteiger partial charge in [-0.05, 0) is 30.5 Å². The van der Waals surface area contributed by atoms with Crippen molar-refractivity contribution in [1.29, 1.82) is 0 Å². The van der Waals surface area contributed by atoms with Crippen LogP contribution >= 0.6 is 0 Å². The lowest BCUT2D eigenvalue weighted by Crippen LogP contribution is -2.48. The lowest BCUT2D eigenvalue weighted by Gasteiger charge is -2.34. The van der Waals surface area contributed by atoms with Gasteiger partial charge < -0.3 is 15.4 Å². The van der Waals surface area contributed by atoms with Crippen molar-refractivity contribution in [3.05, 3.63) is 30.1 Å². The number of hydrogen-bond acceptors (Lipinski definition) is 4. The van der Waals surface area contributed by atoms with Gasteiger partial charge in [-0.1, -0.05) is 0 Å². The fourth-order valence-electron chi connectivity index (χ4n) is 3.50. The van der Waals surface area contributed by atoms with Crippen LogP contribution in [0.4, 0.5) is 0 Å². The maximum Gasteiger partial charge on any atom is 0.225 e. The first-order chi connectivity index (χ1) is 10.6. The standard InChI is InChI=1S/C16H21N3O3/c17-15(21)16-5-8-22-10-13(16)9-19(11-16)14(20)2-1-12-3-6-18-7-4-12/h3-4,6-7,13H,1-2,5,8-11H2,(H2,17,21)/t13-,16+/m1/s1. The van der Waals surface area contributed by atoms with Crippen molar-refractivity contribution in [3.8, 4) is 0 Å². The van der Waals surface area contributed by atoms with Gasteiger partial charge in [0, 0.05) is 44.4 Å². The minimum absolute atomic E-state index is 0.0311. The summed E-state index contributed by atoms with van der Waals surface area (Å²) in [6.45, 7) is 2.05. The first kappa shape index (κ1) is 15.0. The molecule has 0 radical (unpaired) electrons. The van der Waals surface area contributed by atoms with E-state index in [0.29, 0.717) is 45.6 Å². The molecule has 6 heteroatoms. The van der Waals surface area contributed by atoms with E-state index in [0.717, 1.165) is 5.56 Å². The molecule has 0 spiro atoms. The van der Waals surface area contributed by atoms with Crippen molar-refractivity contribution >= 4 is 11.8 Å². The highest BCUT2D eigenvalue weighted by Gasteiger charge is 2.53. The quantitative estimate of drug-likeness (QED) is 0.870. The van der Waals surface area contributed by atoms with Crippen LogP contribution in [-0.4, -0.2) is 48.0 Å². The molecule has 0 aromatic carbocycles. The molecule has 2 N–H and O–H groups in total. The van der Waals surface area contributed by atoms with Gasteiger partial charge in [0.1, 0.15) is 0 Å². The molecule has 0 aliphatic carbocycles. The Morgan fingerprint density at radius 2 is 2.18 bits per heavy atom. The van der Waals surface area contributed by atoms with Crippen LogP contribution in [0.25, 0.3) is 0 Å². The first-order valence-corrected chi connectivity index (χ1v) is 7.66. The minimum atomic E-state index is -0.593. The van der Waals surface area contributed by atoms with E-state index in [2.05, 4.69) is 4.98 Å². The Morgan fingerprint density at radius 1 is 1.41 bits per heavy atom. The summed E-state index contributed by atoms with van der Waals surface area (Å²) in [4.78, 5) is 30.1. The van der Waals surface area contributed by atoms with E-state index in [9.17, 15) is 9.59 Å². The lowest BCUT2D eigenvalue weighted by molar-refractivity contribution is -0.136. The van der Waals surface area contributed by atoms with E-state index in [-0.39, 0.29) is 17.7 Å². The molecule has 1 aromatic heterocycles. The number of fused-ring (bicyclic) bond motifs is 1. The van der Waals surface area contributed by atoms with Crippen LogP contribution in [0.5, 0.6) is 0 Å². The van der Waals surface area contributed by atoms with E-state index in [4.69, 9.17) is 10.5 Å². The van der Waals surface area contributed by atoms with Gasteiger partial charge in [-0.3, -0.25) is 14.6 Å². The molecular weight excluding hydrogens is 282 g/mol. The Balaban J connectivity index is 1.63. The number of amides is 2. The number of likely N-dealkylation sites (tertiary alicyclic amines) is 1. The Labute approximate surface area is 129 Å². The fraction of sp³-hybridized carbons (Fsp3) is 0.562. The molecule has 0 bridgehead atoms. The SMILES string of the molecule is NC(=O)[C@]12CCOC[C@H]1CN(C(=O)CCc1ccncc1)C2. The van der Waals surface area contributed by atoms with E-state index in [1.807, 2.05) is 12.1 Å². The van der Waals surface area contributed by atoms with Gasteiger partial charge in [0.15, 0.2) is 0 Å². The van der Waals surface area contributed by atoms with Gasteiger partial charge in [-0.25, -0.2) is 0 Å². The molecule has 2 fully saturated rings. The van der Waals surface area contributed by atoms with Gasteiger partial charge in [0.05, 0.1) is 12.0 Å². The van der Waals surface area contributed by atoms with Crippen LogP contribution in [0, 0.1) is 11.3 Å². The predicted molar refractivity (Wildman–Crippen MR) is 79.7 cm³/mol. The van der Waals surface area contributed by atoms with Crippen molar-refractivity contribution in [2.45, 2.75) is 19.3 Å². The summed E-state index contributed by atoms with van der Waals surface area (Å²) in [5.41, 5.74) is 6.13. The van der Waals surface area contributed by atoms with Crippen molar-refractivity contribution in [2.75, 3.05) is 26.3 Å². The molecule has 2 atom stereocenters. The number of carbonyl (C=O) groups excluding carboxylic acids is 2. The van der Waals surface area contributed by atoms with Gasteiger partial charge in [-0.15, -0.1) is 0 Å². The highest BCUT2D eigenvalue weighted by Crippen LogP contribution is 2.42. The van der Waals surface area contributed by atoms with Crippen molar-refractivity contribution in [1.82, 2.24) is 9.88 Å². The second-order valence-electron chi connectivity index (χ2n) is 6.17. The summed E-state index contributed by atoms with van der Waals surface area (Å²) in [6.07, 6.45) is 5.18. The number of primary amides is 1. The largest absolute Gasteiger partial charge is 0.381 e. The molecule has 3 rings (SSSR count). The van der Waals surface area contributed by atoms with E-state index in [1.54, 1.807) is 17.3 Å². The predicted octanol–water partition coefficient (Wildman–Crippen LogP) is 0.365. The third-order valence-electron chi connectivity index (χ3n) is 4.93. The van der Waals surface area contributed by atoms with Crippen LogP contribution in [-0.2, 0) is 20.7 Å². The molecule has 2 aliphatic rings. The smallest absolute Gasteiger partial charge is 0.225 e. The zero-order valence-corrected chi connectivity index (χ0v) is 12.5. The summed E-state index contributed by atoms with van der Waals surface area (Å²) in [6, 6.07) is 3.82. The average molecular weight is 303 g/mol. The van der Waals surface area contributed by atoms with Gasteiger partial charge in [0.2, 0.25) is 11.8 Å². The number of rotatable bonds is 4. The average Bonchev–Trinajstić information content (AvgIpc) is 2.95. The number of carbonyl (C=O) groups is 2. The minimum Gasteiger partial charge on any atom is -0.381 e. The molecule has 118 valence electrons. The third kappa shape index (κ3) is 2.70. The highest BCUT2D eigenvalue weighted by molar-refractivity contribution is 5.84. The maximum atomic E-state index is 12.4. The summed E-state index contributed by atoms with van der Waals surface area (Å²) < 4.78 is 5.46. The Kier molecular flexibility index (Phi) is 4.11. The topological polar surface area (TPSA) is 85.5 Å². The highest BCUT2D eigenvalue weighted by atomic mass is 16.5. The fourth-order valence-corrected chi connectivity index (χ4v) is 3.50. The monoisotopic (exact) mass is 303 g/mol. The number of ether oxygens (including phenoxy) is 1. The molecule has 6 nitrogen and oxygen atoms in total. The van der Waals surface area contributed by atoms with Gasteiger partial charge in [0.25, 0.3) is 0 Å². The number of pyridine rings is 1. The number of aryl methyl sites for hydroxylation is 1. The summed E-state index contributed by atoms with van der Waals surface area (Å²) in [7, 11) is 0. The molecule has 1 aromatic rings. The zero-order valence-electron chi connectivity index (χ0n) is 12.5. The lowest BCUT2D eigenvalue weighted by atomic mass is 9.74. The van der Waals surface area contributed by atoms with Crippen LogP contribution in [0.3, 0.4) is 0 Å². The first-order valence-electron chi connectivity index (χ1n) is 7.66. The second kappa shape index (κ2) is 6.04. The summed E-state index contributed by atoms with van der Waals surface area (Å²) >= 11 is 0.